The molecule has 98 valence electrons. The molecule has 0 amide bonds. The van der Waals surface area contributed by atoms with Crippen LogP contribution in [0.4, 0.5) is 5.69 Å². The number of aryl methyl sites for hydroxylation is 2. The summed E-state index contributed by atoms with van der Waals surface area (Å²) >= 11 is 0. The van der Waals surface area contributed by atoms with Gasteiger partial charge in [0, 0.05) is 6.07 Å². The highest BCUT2D eigenvalue weighted by molar-refractivity contribution is 5.40. The van der Waals surface area contributed by atoms with E-state index in [1.807, 2.05) is 32.0 Å². The normalized spacial score (nSPS) is 10.2. The van der Waals surface area contributed by atoms with Gasteiger partial charge < -0.3 is 4.74 Å². The molecule has 2 aromatic carbocycles. The molecule has 0 heterocycles. The minimum absolute atomic E-state index is 0.0906. The molecule has 0 aromatic heterocycles. The Bertz CT molecular complexity index is 608. The van der Waals surface area contributed by atoms with Crippen molar-refractivity contribution in [2.24, 2.45) is 0 Å². The van der Waals surface area contributed by atoms with Gasteiger partial charge in [-0.05, 0) is 37.1 Å². The predicted octanol–water partition coefficient (Wildman–Crippen LogP) is 3.79. The Morgan fingerprint density at radius 2 is 1.89 bits per heavy atom. The number of hydrogen-bond donors (Lipinski definition) is 0. The maximum absolute atomic E-state index is 10.9. The van der Waals surface area contributed by atoms with Gasteiger partial charge in [-0.15, -0.1) is 0 Å². The van der Waals surface area contributed by atoms with Crippen molar-refractivity contribution in [2.45, 2.75) is 20.5 Å². The average molecular weight is 257 g/mol. The van der Waals surface area contributed by atoms with Gasteiger partial charge in [0.25, 0.3) is 5.69 Å². The van der Waals surface area contributed by atoms with Gasteiger partial charge in [-0.1, -0.05) is 24.3 Å². The van der Waals surface area contributed by atoms with E-state index in [-0.39, 0.29) is 17.2 Å². The van der Waals surface area contributed by atoms with Crippen LogP contribution in [0.2, 0.25) is 0 Å². The van der Waals surface area contributed by atoms with E-state index < -0.39 is 0 Å². The standard InChI is InChI=1S/C15H15NO3/c1-11-7-8-12(2)15(9-11)19-10-13-5-3-4-6-14(13)16(17)18/h3-9H,10H2,1-2H3. The largest absolute Gasteiger partial charge is 0.488 e. The van der Waals surface area contributed by atoms with Gasteiger partial charge in [0.15, 0.2) is 0 Å². The molecule has 0 fully saturated rings. The van der Waals surface area contributed by atoms with Crippen LogP contribution in [0.5, 0.6) is 5.75 Å². The van der Waals surface area contributed by atoms with Crippen LogP contribution in [0.3, 0.4) is 0 Å². The first-order chi connectivity index (χ1) is 9.08. The first-order valence-electron chi connectivity index (χ1n) is 6.00. The van der Waals surface area contributed by atoms with E-state index in [1.54, 1.807) is 18.2 Å². The number of benzene rings is 2. The summed E-state index contributed by atoms with van der Waals surface area (Å²) in [5, 5.41) is 10.9. The lowest BCUT2D eigenvalue weighted by molar-refractivity contribution is -0.385. The molecule has 19 heavy (non-hydrogen) atoms. The smallest absolute Gasteiger partial charge is 0.276 e. The second-order valence-corrected chi connectivity index (χ2v) is 4.44. The zero-order valence-electron chi connectivity index (χ0n) is 10.9. The summed E-state index contributed by atoms with van der Waals surface area (Å²) in [7, 11) is 0. The third kappa shape index (κ3) is 3.10. The number of rotatable bonds is 4. The molecule has 2 aromatic rings. The van der Waals surface area contributed by atoms with Crippen molar-refractivity contribution in [3.8, 4) is 5.75 Å². The van der Waals surface area contributed by atoms with Crippen LogP contribution in [0, 0.1) is 24.0 Å². The third-order valence-electron chi connectivity index (χ3n) is 2.92. The van der Waals surface area contributed by atoms with E-state index in [1.165, 1.54) is 6.07 Å². The van der Waals surface area contributed by atoms with Crippen molar-refractivity contribution in [1.29, 1.82) is 0 Å². The lowest BCUT2D eigenvalue weighted by Gasteiger charge is -2.10. The number of nitrogens with zero attached hydrogens (tertiary/aromatic N) is 1. The Kier molecular flexibility index (Phi) is 3.80. The lowest BCUT2D eigenvalue weighted by atomic mass is 10.1. The first-order valence-corrected chi connectivity index (χ1v) is 6.00. The minimum Gasteiger partial charge on any atom is -0.488 e. The van der Waals surface area contributed by atoms with Gasteiger partial charge >= 0.3 is 0 Å². The Labute approximate surface area is 111 Å². The molecular formula is C15H15NO3. The Morgan fingerprint density at radius 3 is 2.63 bits per heavy atom. The molecular weight excluding hydrogens is 242 g/mol. The highest BCUT2D eigenvalue weighted by Crippen LogP contribution is 2.23. The molecule has 0 atom stereocenters. The maximum atomic E-state index is 10.9. The molecule has 2 rings (SSSR count). The molecule has 0 spiro atoms. The van der Waals surface area contributed by atoms with Crippen molar-refractivity contribution < 1.29 is 9.66 Å². The second kappa shape index (κ2) is 5.52. The fourth-order valence-corrected chi connectivity index (χ4v) is 1.83. The zero-order valence-corrected chi connectivity index (χ0v) is 10.9. The quantitative estimate of drug-likeness (QED) is 0.618. The molecule has 0 unspecified atom stereocenters. The predicted molar refractivity (Wildman–Crippen MR) is 73.3 cm³/mol. The van der Waals surface area contributed by atoms with E-state index in [2.05, 4.69) is 0 Å². The van der Waals surface area contributed by atoms with Gasteiger partial charge in [-0.25, -0.2) is 0 Å². The van der Waals surface area contributed by atoms with Crippen LogP contribution < -0.4 is 4.74 Å². The van der Waals surface area contributed by atoms with Crippen LogP contribution >= 0.6 is 0 Å². The molecule has 0 bridgehead atoms. The molecule has 0 aliphatic heterocycles. The van der Waals surface area contributed by atoms with E-state index in [0.29, 0.717) is 5.56 Å². The summed E-state index contributed by atoms with van der Waals surface area (Å²) < 4.78 is 5.69. The van der Waals surface area contributed by atoms with Gasteiger partial charge in [-0.2, -0.15) is 0 Å². The Hall–Kier alpha value is -2.36. The summed E-state index contributed by atoms with van der Waals surface area (Å²) in [5.74, 6) is 0.762. The highest BCUT2D eigenvalue weighted by atomic mass is 16.6. The minimum atomic E-state index is -0.387. The van der Waals surface area contributed by atoms with Crippen LogP contribution in [-0.2, 0) is 6.61 Å². The Morgan fingerprint density at radius 1 is 1.16 bits per heavy atom. The molecule has 0 aliphatic rings. The SMILES string of the molecule is Cc1ccc(C)c(OCc2ccccc2[N+](=O)[O-])c1. The van der Waals surface area contributed by atoms with Crippen molar-refractivity contribution in [3.05, 3.63) is 69.3 Å². The first kappa shape index (κ1) is 13.1. The molecule has 0 saturated carbocycles. The van der Waals surface area contributed by atoms with Crippen molar-refractivity contribution in [1.82, 2.24) is 0 Å². The number of nitro benzene ring substituents is 1. The van der Waals surface area contributed by atoms with E-state index in [4.69, 9.17) is 4.74 Å². The summed E-state index contributed by atoms with van der Waals surface area (Å²) in [6.45, 7) is 4.13. The van der Waals surface area contributed by atoms with Crippen LogP contribution in [0.25, 0.3) is 0 Å². The molecule has 0 aliphatic carbocycles. The van der Waals surface area contributed by atoms with Gasteiger partial charge in [0.05, 0.1) is 10.5 Å². The number of para-hydroxylation sites is 1. The number of nitro groups is 1. The number of hydrogen-bond acceptors (Lipinski definition) is 3. The average Bonchev–Trinajstić information content (AvgIpc) is 2.40. The van der Waals surface area contributed by atoms with Gasteiger partial charge in [0.1, 0.15) is 12.4 Å². The summed E-state index contributed by atoms with van der Waals surface area (Å²) in [5.41, 5.74) is 2.79. The van der Waals surface area contributed by atoms with Crippen LogP contribution in [-0.4, -0.2) is 4.92 Å². The summed E-state index contributed by atoms with van der Waals surface area (Å²) in [4.78, 5) is 10.5. The van der Waals surface area contributed by atoms with Crippen LogP contribution in [0.15, 0.2) is 42.5 Å². The molecule has 4 nitrogen and oxygen atoms in total. The fourth-order valence-electron chi connectivity index (χ4n) is 1.83. The monoisotopic (exact) mass is 257 g/mol. The topological polar surface area (TPSA) is 52.4 Å². The highest BCUT2D eigenvalue weighted by Gasteiger charge is 2.13. The third-order valence-corrected chi connectivity index (χ3v) is 2.92. The molecule has 0 N–H and O–H groups in total. The summed E-state index contributed by atoms with van der Waals surface area (Å²) in [6.07, 6.45) is 0. The van der Waals surface area contributed by atoms with Crippen molar-refractivity contribution >= 4 is 5.69 Å². The van der Waals surface area contributed by atoms with Gasteiger partial charge in [0.2, 0.25) is 0 Å². The van der Waals surface area contributed by atoms with Crippen molar-refractivity contribution in [3.63, 3.8) is 0 Å². The van der Waals surface area contributed by atoms with E-state index in [0.717, 1.165) is 16.9 Å². The van der Waals surface area contributed by atoms with Crippen molar-refractivity contribution in [2.75, 3.05) is 0 Å². The molecule has 0 saturated heterocycles. The Balaban J connectivity index is 2.19. The molecule has 4 heteroatoms. The van der Waals surface area contributed by atoms with E-state index >= 15 is 0 Å². The van der Waals surface area contributed by atoms with Gasteiger partial charge in [-0.3, -0.25) is 10.1 Å². The lowest BCUT2D eigenvalue weighted by Crippen LogP contribution is -2.01. The van der Waals surface area contributed by atoms with E-state index in [9.17, 15) is 10.1 Å². The fraction of sp³-hybridized carbons (Fsp3) is 0.200. The second-order valence-electron chi connectivity index (χ2n) is 4.44. The number of ether oxygens (including phenoxy) is 1. The van der Waals surface area contributed by atoms with Crippen LogP contribution in [0.1, 0.15) is 16.7 Å². The molecule has 0 radical (unpaired) electrons. The maximum Gasteiger partial charge on any atom is 0.276 e. The summed E-state index contributed by atoms with van der Waals surface area (Å²) in [6, 6.07) is 12.5. The zero-order chi connectivity index (χ0) is 13.8.